The summed E-state index contributed by atoms with van der Waals surface area (Å²) in [6.45, 7) is 0. The molecule has 0 radical (unpaired) electrons. The minimum absolute atomic E-state index is 0.0475. The van der Waals surface area contributed by atoms with E-state index in [2.05, 4.69) is 14.7 Å². The van der Waals surface area contributed by atoms with Crippen molar-refractivity contribution in [2.45, 2.75) is 37.9 Å². The Balaban J connectivity index is 2.11. The van der Waals surface area contributed by atoms with E-state index in [-0.39, 0.29) is 17.1 Å². The number of nitrogens with one attached hydrogen (secondary N) is 2. The van der Waals surface area contributed by atoms with Crippen LogP contribution in [0.15, 0.2) is 9.39 Å². The highest BCUT2D eigenvalue weighted by Gasteiger charge is 2.33. The molecule has 1 fully saturated rings. The fraction of sp³-hybridized carbons (Fsp3) is 0.600. The van der Waals surface area contributed by atoms with Gasteiger partial charge < -0.3 is 15.2 Å². The number of carbonyl (C=O) groups excluding carboxylic acids is 1. The lowest BCUT2D eigenvalue weighted by atomic mass is 10.2. The van der Waals surface area contributed by atoms with Gasteiger partial charge in [0.1, 0.15) is 0 Å². The molecule has 2 atom stereocenters. The fourth-order valence-electron chi connectivity index (χ4n) is 2.00. The van der Waals surface area contributed by atoms with Crippen LogP contribution >= 0.6 is 0 Å². The van der Waals surface area contributed by atoms with Crippen LogP contribution in [0, 0.1) is 4.78 Å². The Labute approximate surface area is 112 Å². The number of aliphatic imine (C=N–C) groups is 1. The van der Waals surface area contributed by atoms with Crippen LogP contribution < -0.4 is 5.32 Å². The van der Waals surface area contributed by atoms with Crippen molar-refractivity contribution in [2.75, 3.05) is 0 Å². The smallest absolute Gasteiger partial charge is 0.340 e. The molecule has 1 heterocycles. The Morgan fingerprint density at radius 3 is 2.84 bits per heavy atom. The van der Waals surface area contributed by atoms with Crippen molar-refractivity contribution < 1.29 is 19.4 Å². The zero-order chi connectivity index (χ0) is 13.8. The maximum atomic E-state index is 11.2. The largest absolute Gasteiger partial charge is 0.479 e. The zero-order valence-electron chi connectivity index (χ0n) is 10.0. The first-order valence-corrected chi connectivity index (χ1v) is 7.01. The van der Waals surface area contributed by atoms with Crippen LogP contribution in [0.25, 0.3) is 0 Å². The van der Waals surface area contributed by atoms with Crippen molar-refractivity contribution in [3.63, 3.8) is 0 Å². The second-order valence-electron chi connectivity index (χ2n) is 4.17. The Bertz CT molecular complexity index is 470. The quantitative estimate of drug-likeness (QED) is 0.625. The first-order valence-electron chi connectivity index (χ1n) is 5.83. The van der Waals surface area contributed by atoms with Crippen molar-refractivity contribution in [3.8, 4) is 0 Å². The molecule has 9 heteroatoms. The van der Waals surface area contributed by atoms with Gasteiger partial charge >= 0.3 is 5.97 Å². The third kappa shape index (κ3) is 3.24. The van der Waals surface area contributed by atoms with Crippen molar-refractivity contribution in [1.82, 2.24) is 5.32 Å². The Morgan fingerprint density at radius 1 is 1.58 bits per heavy atom. The van der Waals surface area contributed by atoms with Crippen LogP contribution in [0.5, 0.6) is 0 Å². The Hall–Kier alpha value is -1.61. The third-order valence-corrected chi connectivity index (χ3v) is 3.80. The van der Waals surface area contributed by atoms with E-state index in [1.807, 2.05) is 0 Å². The number of hydrogen-bond acceptors (Lipinski definition) is 5. The van der Waals surface area contributed by atoms with E-state index in [9.17, 15) is 14.7 Å². The van der Waals surface area contributed by atoms with Crippen LogP contribution in [0.1, 0.15) is 25.7 Å². The van der Waals surface area contributed by atoms with Gasteiger partial charge in [-0.1, -0.05) is 12.8 Å². The molecule has 0 aromatic rings. The maximum absolute atomic E-state index is 11.2. The van der Waals surface area contributed by atoms with Crippen LogP contribution in [-0.2, 0) is 25.2 Å². The van der Waals surface area contributed by atoms with Gasteiger partial charge in [-0.3, -0.25) is 9.57 Å². The second-order valence-corrected chi connectivity index (χ2v) is 5.31. The summed E-state index contributed by atoms with van der Waals surface area (Å²) in [6, 6.07) is 0. The molecule has 2 aliphatic rings. The molecule has 19 heavy (non-hydrogen) atoms. The monoisotopic (exact) mass is 286 g/mol. The van der Waals surface area contributed by atoms with E-state index >= 15 is 0 Å². The summed E-state index contributed by atoms with van der Waals surface area (Å²) in [6.07, 6.45) is 2.71. The predicted molar refractivity (Wildman–Crippen MR) is 68.9 cm³/mol. The molecule has 1 aliphatic heterocycles. The molecule has 1 saturated carbocycles. The molecule has 8 nitrogen and oxygen atoms in total. The van der Waals surface area contributed by atoms with Crippen molar-refractivity contribution in [1.29, 1.82) is 4.78 Å². The standard InChI is InChI=1S/C10H14N4O4S/c11-19-10(12-5-15)13-8(14-19)7(9(16)17)18-6-3-1-2-4-6/h5-7,11H,1-4H2,(H,16,17)(H,12,13,14,15). The van der Waals surface area contributed by atoms with Gasteiger partial charge in [-0.05, 0) is 12.8 Å². The number of carboxylic acids is 1. The molecular weight excluding hydrogens is 272 g/mol. The average Bonchev–Trinajstić information content (AvgIpc) is 2.97. The molecule has 0 aromatic heterocycles. The lowest BCUT2D eigenvalue weighted by molar-refractivity contribution is -0.148. The lowest BCUT2D eigenvalue weighted by Crippen LogP contribution is -2.34. The molecule has 0 spiro atoms. The number of carbonyl (C=O) groups is 2. The fourth-order valence-corrected chi connectivity index (χ4v) is 2.75. The summed E-state index contributed by atoms with van der Waals surface area (Å²) in [5.41, 5.74) is 0. The van der Waals surface area contributed by atoms with Crippen LogP contribution in [0.3, 0.4) is 0 Å². The number of nitrogens with zero attached hydrogens (tertiary/aromatic N) is 2. The summed E-state index contributed by atoms with van der Waals surface area (Å²) in [5, 5.41) is 11.5. The Kier molecular flexibility index (Phi) is 4.38. The van der Waals surface area contributed by atoms with Gasteiger partial charge in [0, 0.05) is 0 Å². The zero-order valence-corrected chi connectivity index (χ0v) is 10.9. The van der Waals surface area contributed by atoms with Crippen molar-refractivity contribution >= 4 is 34.3 Å². The SMILES string of the molecule is N=S1N=C(C(OC2CCCC2)C(=O)O)N=C1NC=O. The Morgan fingerprint density at radius 2 is 2.26 bits per heavy atom. The van der Waals surface area contributed by atoms with Gasteiger partial charge in [0.25, 0.3) is 0 Å². The van der Waals surface area contributed by atoms with Crippen molar-refractivity contribution in [2.24, 2.45) is 9.39 Å². The predicted octanol–water partition coefficient (Wildman–Crippen LogP) is 0.209. The van der Waals surface area contributed by atoms with Gasteiger partial charge in [0.15, 0.2) is 5.84 Å². The molecule has 0 saturated heterocycles. The first-order chi connectivity index (χ1) is 9.11. The van der Waals surface area contributed by atoms with Gasteiger partial charge in [-0.25, -0.2) is 9.79 Å². The van der Waals surface area contributed by atoms with E-state index in [1.54, 1.807) is 0 Å². The van der Waals surface area contributed by atoms with Gasteiger partial charge in [0.05, 0.1) is 17.0 Å². The molecule has 0 aromatic carbocycles. The average molecular weight is 286 g/mol. The minimum Gasteiger partial charge on any atom is -0.479 e. The number of ether oxygens (including phenoxy) is 1. The van der Waals surface area contributed by atoms with E-state index in [1.165, 1.54) is 0 Å². The van der Waals surface area contributed by atoms with E-state index < -0.39 is 23.0 Å². The molecular formula is C10H14N4O4S. The highest BCUT2D eigenvalue weighted by atomic mass is 32.2. The van der Waals surface area contributed by atoms with Crippen LogP contribution in [0.2, 0.25) is 0 Å². The maximum Gasteiger partial charge on any atom is 0.340 e. The molecule has 2 unspecified atom stereocenters. The topological polar surface area (TPSA) is 124 Å². The normalized spacial score (nSPS) is 24.7. The minimum atomic E-state index is -1.38. The molecule has 1 amide bonds. The second kappa shape index (κ2) is 6.02. The van der Waals surface area contributed by atoms with Crippen LogP contribution in [-0.4, -0.2) is 40.7 Å². The summed E-state index contributed by atoms with van der Waals surface area (Å²) in [5.74, 6) is -1.24. The third-order valence-electron chi connectivity index (χ3n) is 2.86. The van der Waals surface area contributed by atoms with Gasteiger partial charge in [-0.15, -0.1) is 0 Å². The van der Waals surface area contributed by atoms with Crippen LogP contribution in [0.4, 0.5) is 0 Å². The number of amidine groups is 2. The number of amides is 1. The number of carboxylic acid groups (broad SMARTS) is 1. The summed E-state index contributed by atoms with van der Waals surface area (Å²) in [4.78, 5) is 25.4. The van der Waals surface area contributed by atoms with E-state index in [0.717, 1.165) is 25.7 Å². The number of rotatable bonds is 5. The molecule has 0 bridgehead atoms. The summed E-state index contributed by atoms with van der Waals surface area (Å²) < 4.78 is 16.9. The number of hydrogen-bond donors (Lipinski definition) is 3. The van der Waals surface area contributed by atoms with E-state index in [4.69, 9.17) is 9.52 Å². The first kappa shape index (κ1) is 13.8. The molecule has 3 N–H and O–H groups in total. The van der Waals surface area contributed by atoms with Crippen molar-refractivity contribution in [3.05, 3.63) is 0 Å². The highest BCUT2D eigenvalue weighted by Crippen LogP contribution is 2.23. The molecule has 1 aliphatic carbocycles. The highest BCUT2D eigenvalue weighted by molar-refractivity contribution is 8.00. The van der Waals surface area contributed by atoms with Gasteiger partial charge in [0.2, 0.25) is 17.7 Å². The lowest BCUT2D eigenvalue weighted by Gasteiger charge is -2.16. The van der Waals surface area contributed by atoms with Gasteiger partial charge in [-0.2, -0.15) is 4.40 Å². The summed E-state index contributed by atoms with van der Waals surface area (Å²) in [7, 11) is -1.38. The van der Waals surface area contributed by atoms with E-state index in [0.29, 0.717) is 6.41 Å². The molecule has 2 rings (SSSR count). The summed E-state index contributed by atoms with van der Waals surface area (Å²) >= 11 is 0. The number of aliphatic carboxylic acids is 1. The molecule has 104 valence electrons.